The summed E-state index contributed by atoms with van der Waals surface area (Å²) >= 11 is 5.23. The molecule has 1 aromatic heterocycles. The van der Waals surface area contributed by atoms with E-state index in [0.29, 0.717) is 28.6 Å². The number of nitrogens with one attached hydrogen (secondary N) is 2. The van der Waals surface area contributed by atoms with E-state index in [2.05, 4.69) is 20.6 Å². The molecule has 0 radical (unpaired) electrons. The van der Waals surface area contributed by atoms with Gasteiger partial charge in [-0.05, 0) is 25.1 Å². The van der Waals surface area contributed by atoms with Crippen molar-refractivity contribution in [3.63, 3.8) is 0 Å². The molecule has 1 aliphatic heterocycles. The monoisotopic (exact) mass is 366 g/mol. The Kier molecular flexibility index (Phi) is 6.13. The first kappa shape index (κ1) is 18.9. The third kappa shape index (κ3) is 4.16. The van der Waals surface area contributed by atoms with Crippen molar-refractivity contribution >= 4 is 23.3 Å². The van der Waals surface area contributed by atoms with Gasteiger partial charge in [-0.3, -0.25) is 0 Å². The van der Waals surface area contributed by atoms with Crippen LogP contribution in [-0.2, 0) is 9.53 Å². The molecule has 9 heteroatoms. The van der Waals surface area contributed by atoms with Crippen molar-refractivity contribution in [1.82, 2.24) is 20.6 Å². The topological polar surface area (TPSA) is 94.6 Å². The quantitative estimate of drug-likeness (QED) is 0.573. The van der Waals surface area contributed by atoms with Gasteiger partial charge >= 0.3 is 5.97 Å². The molecule has 1 aliphatic rings. The van der Waals surface area contributed by atoms with E-state index in [4.69, 9.17) is 26.4 Å². The maximum atomic E-state index is 12.7. The van der Waals surface area contributed by atoms with Crippen molar-refractivity contribution in [2.75, 3.05) is 20.8 Å². The highest BCUT2D eigenvalue weighted by Gasteiger charge is 2.36. The Morgan fingerprint density at radius 1 is 1.28 bits per heavy atom. The second kappa shape index (κ2) is 8.11. The average molecular weight is 366 g/mol. The number of ether oxygens (including phenoxy) is 3. The summed E-state index contributed by atoms with van der Waals surface area (Å²) < 4.78 is 16.1. The Hall–Kier alpha value is -2.42. The van der Waals surface area contributed by atoms with Gasteiger partial charge in [0.25, 0.3) is 0 Å². The lowest BCUT2D eigenvalue weighted by Gasteiger charge is -2.30. The maximum absolute atomic E-state index is 12.7. The van der Waals surface area contributed by atoms with Crippen LogP contribution in [0.2, 0.25) is 0 Å². The lowest BCUT2D eigenvalue weighted by atomic mass is 9.96. The van der Waals surface area contributed by atoms with Gasteiger partial charge in [0.15, 0.2) is 5.11 Å². The summed E-state index contributed by atoms with van der Waals surface area (Å²) in [5, 5.41) is 6.37. The minimum absolute atomic E-state index is 0.220. The molecule has 0 saturated carbocycles. The van der Waals surface area contributed by atoms with Gasteiger partial charge in [0.1, 0.15) is 11.9 Å². The predicted molar refractivity (Wildman–Crippen MR) is 95.2 cm³/mol. The minimum Gasteiger partial charge on any atom is -0.481 e. The SMILES string of the molecule is COc1ncnc(OC)c1[C@H]1NC(=S)NC(C)=C1C(=O)OCC(C)C. The Morgan fingerprint density at radius 3 is 2.40 bits per heavy atom. The number of aromatic nitrogens is 2. The molecule has 0 saturated heterocycles. The lowest BCUT2D eigenvalue weighted by molar-refractivity contribution is -0.140. The lowest BCUT2D eigenvalue weighted by Crippen LogP contribution is -2.45. The molecule has 0 bridgehead atoms. The van der Waals surface area contributed by atoms with Gasteiger partial charge in [-0.25, -0.2) is 14.8 Å². The minimum atomic E-state index is -0.653. The molecule has 1 atom stereocenters. The second-order valence-corrected chi connectivity index (χ2v) is 6.28. The summed E-state index contributed by atoms with van der Waals surface area (Å²) in [6, 6.07) is -0.653. The van der Waals surface area contributed by atoms with Gasteiger partial charge in [-0.15, -0.1) is 0 Å². The molecule has 0 fully saturated rings. The fraction of sp³-hybridized carbons (Fsp3) is 0.500. The summed E-state index contributed by atoms with van der Waals surface area (Å²) in [4.78, 5) is 20.9. The number of carbonyl (C=O) groups is 1. The molecule has 2 heterocycles. The largest absolute Gasteiger partial charge is 0.481 e. The third-order valence-electron chi connectivity index (χ3n) is 3.52. The number of rotatable bonds is 6. The molecule has 25 heavy (non-hydrogen) atoms. The zero-order chi connectivity index (χ0) is 18.6. The van der Waals surface area contributed by atoms with Crippen LogP contribution < -0.4 is 20.1 Å². The zero-order valence-electron chi connectivity index (χ0n) is 14.9. The van der Waals surface area contributed by atoms with Crippen LogP contribution in [-0.4, -0.2) is 41.9 Å². The molecular weight excluding hydrogens is 344 g/mol. The van der Waals surface area contributed by atoms with Gasteiger partial charge in [-0.1, -0.05) is 13.8 Å². The molecule has 136 valence electrons. The normalized spacial score (nSPS) is 17.0. The Labute approximate surface area is 152 Å². The number of allylic oxidation sites excluding steroid dienone is 1. The first-order chi connectivity index (χ1) is 11.9. The number of methoxy groups -OCH3 is 2. The van der Waals surface area contributed by atoms with E-state index < -0.39 is 12.0 Å². The van der Waals surface area contributed by atoms with E-state index in [1.54, 1.807) is 6.92 Å². The molecule has 0 spiro atoms. The number of hydrogen-bond donors (Lipinski definition) is 2. The van der Waals surface area contributed by atoms with Gasteiger partial charge in [-0.2, -0.15) is 0 Å². The summed E-state index contributed by atoms with van der Waals surface area (Å²) in [6.45, 7) is 6.01. The van der Waals surface area contributed by atoms with Crippen molar-refractivity contribution < 1.29 is 19.0 Å². The van der Waals surface area contributed by atoms with Crippen molar-refractivity contribution in [2.45, 2.75) is 26.8 Å². The van der Waals surface area contributed by atoms with Crippen LogP contribution in [0.3, 0.4) is 0 Å². The van der Waals surface area contributed by atoms with Crippen LogP contribution in [0.1, 0.15) is 32.4 Å². The number of esters is 1. The highest BCUT2D eigenvalue weighted by atomic mass is 32.1. The van der Waals surface area contributed by atoms with Crippen LogP contribution in [0.5, 0.6) is 11.8 Å². The average Bonchev–Trinajstić information content (AvgIpc) is 2.58. The molecule has 2 rings (SSSR count). The van der Waals surface area contributed by atoms with E-state index >= 15 is 0 Å². The van der Waals surface area contributed by atoms with Crippen molar-refractivity contribution in [2.24, 2.45) is 5.92 Å². The van der Waals surface area contributed by atoms with E-state index in [1.165, 1.54) is 20.5 Å². The number of nitrogens with zero attached hydrogens (tertiary/aromatic N) is 2. The summed E-state index contributed by atoms with van der Waals surface area (Å²) in [5.74, 6) is 0.344. The first-order valence-electron chi connectivity index (χ1n) is 7.77. The third-order valence-corrected chi connectivity index (χ3v) is 3.74. The molecule has 2 N–H and O–H groups in total. The van der Waals surface area contributed by atoms with Gasteiger partial charge in [0.2, 0.25) is 11.8 Å². The Balaban J connectivity index is 2.52. The Morgan fingerprint density at radius 2 is 1.88 bits per heavy atom. The predicted octanol–water partition coefficient (Wildman–Crippen LogP) is 1.49. The van der Waals surface area contributed by atoms with Crippen molar-refractivity contribution in [3.05, 3.63) is 23.2 Å². The van der Waals surface area contributed by atoms with Gasteiger partial charge < -0.3 is 24.8 Å². The summed E-state index contributed by atoms with van der Waals surface area (Å²) in [5.41, 5.74) is 1.45. The molecule has 0 aliphatic carbocycles. The summed E-state index contributed by atoms with van der Waals surface area (Å²) in [6.07, 6.45) is 1.33. The number of carbonyl (C=O) groups excluding carboxylic acids is 1. The maximum Gasteiger partial charge on any atom is 0.338 e. The Bertz CT molecular complexity index is 683. The van der Waals surface area contributed by atoms with Gasteiger partial charge in [0.05, 0.1) is 32.4 Å². The smallest absolute Gasteiger partial charge is 0.338 e. The highest BCUT2D eigenvalue weighted by molar-refractivity contribution is 7.80. The van der Waals surface area contributed by atoms with Crippen molar-refractivity contribution in [3.8, 4) is 11.8 Å². The summed E-state index contributed by atoms with van der Waals surface area (Å²) in [7, 11) is 2.97. The van der Waals surface area contributed by atoms with E-state index in [1.807, 2.05) is 13.8 Å². The van der Waals surface area contributed by atoms with Crippen molar-refractivity contribution in [1.29, 1.82) is 0 Å². The number of hydrogen-bond acceptors (Lipinski definition) is 7. The first-order valence-corrected chi connectivity index (χ1v) is 8.18. The second-order valence-electron chi connectivity index (χ2n) is 5.87. The van der Waals surface area contributed by atoms with Crippen LogP contribution in [0, 0.1) is 5.92 Å². The molecular formula is C16H22N4O4S. The fourth-order valence-electron chi connectivity index (χ4n) is 2.44. The molecule has 8 nitrogen and oxygen atoms in total. The molecule has 0 aromatic carbocycles. The van der Waals surface area contributed by atoms with E-state index in [-0.39, 0.29) is 17.7 Å². The van der Waals surface area contributed by atoms with Crippen LogP contribution in [0.25, 0.3) is 0 Å². The zero-order valence-corrected chi connectivity index (χ0v) is 15.7. The molecule has 0 unspecified atom stereocenters. The highest BCUT2D eigenvalue weighted by Crippen LogP contribution is 2.37. The standard InChI is InChI=1S/C16H22N4O4S/c1-8(2)6-24-15(21)10-9(3)19-16(25)20-12(10)11-13(22-4)17-7-18-14(11)23-5/h7-8,12H,6H2,1-5H3,(H2,19,20,25)/t12-/m0/s1. The van der Waals surface area contributed by atoms with E-state index in [9.17, 15) is 4.79 Å². The van der Waals surface area contributed by atoms with Crippen LogP contribution in [0.15, 0.2) is 17.6 Å². The van der Waals surface area contributed by atoms with E-state index in [0.717, 1.165) is 0 Å². The van der Waals surface area contributed by atoms with Gasteiger partial charge in [0, 0.05) is 5.70 Å². The molecule has 1 aromatic rings. The van der Waals surface area contributed by atoms with Crippen LogP contribution in [0.4, 0.5) is 0 Å². The number of thiocarbonyl (C=S) groups is 1. The molecule has 0 amide bonds. The fourth-order valence-corrected chi connectivity index (χ4v) is 2.71. The van der Waals surface area contributed by atoms with Crippen LogP contribution >= 0.6 is 12.2 Å².